The Morgan fingerprint density at radius 1 is 1.10 bits per heavy atom. The topological polar surface area (TPSA) is 58.6 Å². The fourth-order valence-corrected chi connectivity index (χ4v) is 3.34. The van der Waals surface area contributed by atoms with Crippen molar-refractivity contribution in [1.82, 2.24) is 10.2 Å². The highest BCUT2D eigenvalue weighted by molar-refractivity contribution is 6.32. The molecule has 2 aromatic rings. The molecule has 0 saturated carbocycles. The summed E-state index contributed by atoms with van der Waals surface area (Å²) in [5, 5.41) is 3.44. The number of para-hydroxylation sites is 1. The van der Waals surface area contributed by atoms with Crippen LogP contribution in [0.2, 0.25) is 5.02 Å². The molecule has 2 aromatic carbocycles. The normalized spacial score (nSPS) is 12.7. The summed E-state index contributed by atoms with van der Waals surface area (Å²) in [6, 6.07) is 14.4. The Balaban J connectivity index is 2.23. The van der Waals surface area contributed by atoms with Crippen molar-refractivity contribution in [2.24, 2.45) is 0 Å². The van der Waals surface area contributed by atoms with Gasteiger partial charge >= 0.3 is 0 Å². The first-order chi connectivity index (χ1) is 14.3. The molecule has 0 radical (unpaired) electrons. The van der Waals surface area contributed by atoms with Crippen LogP contribution in [0.1, 0.15) is 44.7 Å². The van der Waals surface area contributed by atoms with Gasteiger partial charge in [0.2, 0.25) is 5.91 Å². The summed E-state index contributed by atoms with van der Waals surface area (Å²) in [5.74, 6) is 0.0355. The van der Waals surface area contributed by atoms with E-state index in [0.29, 0.717) is 23.7 Å². The predicted octanol–water partition coefficient (Wildman–Crippen LogP) is 4.75. The molecule has 0 unspecified atom stereocenters. The minimum absolute atomic E-state index is 0.0434. The molecule has 2 amide bonds. The Bertz CT molecular complexity index is 856. The molecular formula is C24H31ClN2O3. The first-order valence-electron chi connectivity index (χ1n) is 10.4. The van der Waals surface area contributed by atoms with Crippen molar-refractivity contribution >= 4 is 23.4 Å². The Morgan fingerprint density at radius 3 is 2.47 bits per heavy atom. The second-order valence-electron chi connectivity index (χ2n) is 7.47. The lowest BCUT2D eigenvalue weighted by molar-refractivity contribution is -0.143. The van der Waals surface area contributed by atoms with Crippen LogP contribution >= 0.6 is 11.6 Å². The van der Waals surface area contributed by atoms with Crippen molar-refractivity contribution in [3.05, 3.63) is 64.7 Å². The third-order valence-electron chi connectivity index (χ3n) is 5.01. The van der Waals surface area contributed by atoms with Crippen LogP contribution in [-0.2, 0) is 16.1 Å². The number of nitrogens with one attached hydrogen (secondary N) is 1. The summed E-state index contributed by atoms with van der Waals surface area (Å²) in [5.41, 5.74) is 2.07. The van der Waals surface area contributed by atoms with Gasteiger partial charge in [0.25, 0.3) is 5.91 Å². The van der Waals surface area contributed by atoms with Crippen LogP contribution in [0.3, 0.4) is 0 Å². The Labute approximate surface area is 184 Å². The van der Waals surface area contributed by atoms with Gasteiger partial charge in [-0.1, -0.05) is 67.4 Å². The average molecular weight is 431 g/mol. The zero-order valence-electron chi connectivity index (χ0n) is 18.2. The third kappa shape index (κ3) is 6.77. The van der Waals surface area contributed by atoms with Gasteiger partial charge in [0.15, 0.2) is 6.61 Å². The van der Waals surface area contributed by atoms with Crippen molar-refractivity contribution < 1.29 is 14.3 Å². The predicted molar refractivity (Wildman–Crippen MR) is 121 cm³/mol. The van der Waals surface area contributed by atoms with Crippen LogP contribution in [0, 0.1) is 6.92 Å². The van der Waals surface area contributed by atoms with Crippen molar-refractivity contribution in [3.63, 3.8) is 0 Å². The van der Waals surface area contributed by atoms with Gasteiger partial charge in [0, 0.05) is 12.6 Å². The minimum atomic E-state index is -0.582. The first kappa shape index (κ1) is 23.7. The maximum Gasteiger partial charge on any atom is 0.261 e. The molecule has 1 N–H and O–H groups in total. The molecule has 6 heteroatoms. The van der Waals surface area contributed by atoms with Crippen LogP contribution in [0.4, 0.5) is 0 Å². The van der Waals surface area contributed by atoms with Gasteiger partial charge in [-0.2, -0.15) is 0 Å². The molecule has 0 aromatic heterocycles. The molecule has 0 aliphatic carbocycles. The van der Waals surface area contributed by atoms with Crippen LogP contribution in [0.5, 0.6) is 5.75 Å². The molecule has 2 atom stereocenters. The van der Waals surface area contributed by atoms with Gasteiger partial charge in [-0.15, -0.1) is 0 Å². The lowest BCUT2D eigenvalue weighted by atomic mass is 10.1. The van der Waals surface area contributed by atoms with Crippen molar-refractivity contribution in [2.45, 2.75) is 59.2 Å². The average Bonchev–Trinajstić information content (AvgIpc) is 2.72. The highest BCUT2D eigenvalue weighted by atomic mass is 35.5. The Hall–Kier alpha value is -2.53. The number of halogens is 1. The molecule has 162 valence electrons. The molecule has 0 aliphatic heterocycles. The highest BCUT2D eigenvalue weighted by Crippen LogP contribution is 2.23. The zero-order chi connectivity index (χ0) is 22.1. The molecule has 30 heavy (non-hydrogen) atoms. The van der Waals surface area contributed by atoms with Crippen LogP contribution < -0.4 is 10.1 Å². The number of amides is 2. The van der Waals surface area contributed by atoms with Crippen LogP contribution in [0.15, 0.2) is 48.5 Å². The number of ether oxygens (including phenoxy) is 1. The molecule has 0 fully saturated rings. The summed E-state index contributed by atoms with van der Waals surface area (Å²) >= 11 is 6.13. The highest BCUT2D eigenvalue weighted by Gasteiger charge is 2.29. The van der Waals surface area contributed by atoms with Crippen molar-refractivity contribution in [1.29, 1.82) is 0 Å². The Morgan fingerprint density at radius 2 is 1.83 bits per heavy atom. The van der Waals surface area contributed by atoms with Gasteiger partial charge in [0.1, 0.15) is 11.8 Å². The largest absolute Gasteiger partial charge is 0.482 e. The second kappa shape index (κ2) is 11.6. The molecule has 5 nitrogen and oxygen atoms in total. The van der Waals surface area contributed by atoms with Gasteiger partial charge < -0.3 is 15.0 Å². The summed E-state index contributed by atoms with van der Waals surface area (Å²) in [4.78, 5) is 27.7. The van der Waals surface area contributed by atoms with Gasteiger partial charge in [0.05, 0.1) is 5.02 Å². The SMILES string of the molecule is CC[C@@H](C)NC(=O)[C@@H](CC)N(Cc1cccc(C)c1)C(=O)COc1ccccc1Cl. The summed E-state index contributed by atoms with van der Waals surface area (Å²) in [6.07, 6.45) is 1.33. The lowest BCUT2D eigenvalue weighted by Gasteiger charge is -2.31. The first-order valence-corrected chi connectivity index (χ1v) is 10.8. The third-order valence-corrected chi connectivity index (χ3v) is 5.32. The van der Waals surface area contributed by atoms with E-state index in [4.69, 9.17) is 16.3 Å². The van der Waals surface area contributed by atoms with Crippen molar-refractivity contribution in [3.8, 4) is 5.75 Å². The molecule has 0 spiro atoms. The lowest BCUT2D eigenvalue weighted by Crippen LogP contribution is -2.51. The number of hydrogen-bond donors (Lipinski definition) is 1. The summed E-state index contributed by atoms with van der Waals surface area (Å²) in [7, 11) is 0. The van der Waals surface area contributed by atoms with Crippen LogP contribution in [-0.4, -0.2) is 35.4 Å². The van der Waals surface area contributed by atoms with E-state index in [-0.39, 0.29) is 24.5 Å². The van der Waals surface area contributed by atoms with E-state index in [1.54, 1.807) is 29.2 Å². The number of rotatable bonds is 10. The maximum atomic E-state index is 13.2. The quantitative estimate of drug-likeness (QED) is 0.591. The van der Waals surface area contributed by atoms with E-state index in [2.05, 4.69) is 5.32 Å². The number of carbonyl (C=O) groups excluding carboxylic acids is 2. The number of hydrogen-bond acceptors (Lipinski definition) is 3. The zero-order valence-corrected chi connectivity index (χ0v) is 18.9. The second-order valence-corrected chi connectivity index (χ2v) is 7.88. The monoisotopic (exact) mass is 430 g/mol. The maximum absolute atomic E-state index is 13.2. The fourth-order valence-electron chi connectivity index (χ4n) is 3.15. The molecule has 0 bridgehead atoms. The smallest absolute Gasteiger partial charge is 0.261 e. The molecule has 0 aliphatic rings. The summed E-state index contributed by atoms with van der Waals surface area (Å²) < 4.78 is 5.66. The number of carbonyl (C=O) groups is 2. The van der Waals surface area contributed by atoms with E-state index in [0.717, 1.165) is 17.5 Å². The Kier molecular flexibility index (Phi) is 9.18. The molecule has 2 rings (SSSR count). The van der Waals surface area contributed by atoms with Gasteiger partial charge in [-0.3, -0.25) is 9.59 Å². The summed E-state index contributed by atoms with van der Waals surface area (Å²) in [6.45, 7) is 8.02. The van der Waals surface area contributed by atoms with Crippen molar-refractivity contribution in [2.75, 3.05) is 6.61 Å². The van der Waals surface area contributed by atoms with E-state index < -0.39 is 6.04 Å². The van der Waals surface area contributed by atoms with E-state index in [1.807, 2.05) is 52.0 Å². The number of benzene rings is 2. The standard InChI is InChI=1S/C24H31ClN2O3/c1-5-18(4)26-24(29)21(6-2)27(15-19-11-9-10-17(3)14-19)23(28)16-30-22-13-8-7-12-20(22)25/h7-14,18,21H,5-6,15-16H2,1-4H3,(H,26,29)/t18-,21-/m1/s1. The molecule has 0 heterocycles. The van der Waals surface area contributed by atoms with Gasteiger partial charge in [-0.25, -0.2) is 0 Å². The molecular weight excluding hydrogens is 400 g/mol. The van der Waals surface area contributed by atoms with E-state index >= 15 is 0 Å². The van der Waals surface area contributed by atoms with E-state index in [1.165, 1.54) is 0 Å². The van der Waals surface area contributed by atoms with Crippen LogP contribution in [0.25, 0.3) is 0 Å². The van der Waals surface area contributed by atoms with Gasteiger partial charge in [-0.05, 0) is 44.4 Å². The molecule has 0 saturated heterocycles. The number of aryl methyl sites for hydroxylation is 1. The van der Waals surface area contributed by atoms with E-state index in [9.17, 15) is 9.59 Å². The fraction of sp³-hybridized carbons (Fsp3) is 0.417. The minimum Gasteiger partial charge on any atom is -0.482 e. The number of nitrogens with zero attached hydrogens (tertiary/aromatic N) is 1.